The van der Waals surface area contributed by atoms with Crippen LogP contribution in [-0.2, 0) is 6.42 Å². The van der Waals surface area contributed by atoms with Crippen molar-refractivity contribution in [3.05, 3.63) is 89.5 Å². The number of nitrogens with one attached hydrogen (secondary N) is 1. The standard InChI is InChI=1S/C23H20N2O2/c1-27-22-13-7-3-8-17(22)14-15-25-23(26)21-12-6-5-11-20(21)19-10-4-2-9-18(19)16-24/h2-13H,14-15H2,1H3,(H,25,26). The van der Waals surface area contributed by atoms with Gasteiger partial charge in [0.15, 0.2) is 0 Å². The van der Waals surface area contributed by atoms with E-state index in [9.17, 15) is 10.1 Å². The Balaban J connectivity index is 1.77. The van der Waals surface area contributed by atoms with Crippen molar-refractivity contribution in [3.8, 4) is 22.9 Å². The number of carbonyl (C=O) groups excluding carboxylic acids is 1. The molecule has 1 amide bonds. The van der Waals surface area contributed by atoms with Crippen LogP contribution in [0.25, 0.3) is 11.1 Å². The zero-order valence-electron chi connectivity index (χ0n) is 15.1. The maximum Gasteiger partial charge on any atom is 0.251 e. The number of nitrogens with zero attached hydrogens (tertiary/aromatic N) is 1. The van der Waals surface area contributed by atoms with Gasteiger partial charge < -0.3 is 10.1 Å². The van der Waals surface area contributed by atoms with Gasteiger partial charge in [-0.25, -0.2) is 0 Å². The molecule has 0 aliphatic heterocycles. The first kappa shape index (κ1) is 18.2. The van der Waals surface area contributed by atoms with Gasteiger partial charge in [0.05, 0.1) is 18.7 Å². The van der Waals surface area contributed by atoms with Crippen molar-refractivity contribution in [3.63, 3.8) is 0 Å². The highest BCUT2D eigenvalue weighted by atomic mass is 16.5. The first-order valence-electron chi connectivity index (χ1n) is 8.73. The summed E-state index contributed by atoms with van der Waals surface area (Å²) in [6, 6.07) is 24.6. The van der Waals surface area contributed by atoms with Crippen LogP contribution < -0.4 is 10.1 Å². The van der Waals surface area contributed by atoms with Gasteiger partial charge in [-0.1, -0.05) is 54.6 Å². The Morgan fingerprint density at radius 3 is 2.41 bits per heavy atom. The number of carbonyl (C=O) groups is 1. The summed E-state index contributed by atoms with van der Waals surface area (Å²) in [6.07, 6.45) is 0.673. The second-order valence-corrected chi connectivity index (χ2v) is 6.02. The molecule has 3 aromatic carbocycles. The number of hydrogen-bond donors (Lipinski definition) is 1. The maximum atomic E-state index is 12.8. The fraction of sp³-hybridized carbons (Fsp3) is 0.130. The number of amides is 1. The lowest BCUT2D eigenvalue weighted by Crippen LogP contribution is -2.26. The van der Waals surface area contributed by atoms with Crippen LogP contribution in [0.1, 0.15) is 21.5 Å². The van der Waals surface area contributed by atoms with Crippen molar-refractivity contribution >= 4 is 5.91 Å². The van der Waals surface area contributed by atoms with E-state index in [-0.39, 0.29) is 5.91 Å². The highest BCUT2D eigenvalue weighted by Gasteiger charge is 2.14. The summed E-state index contributed by atoms with van der Waals surface area (Å²) in [5.74, 6) is 0.656. The molecule has 4 nitrogen and oxygen atoms in total. The summed E-state index contributed by atoms with van der Waals surface area (Å²) in [5.41, 5.74) is 3.66. The van der Waals surface area contributed by atoms with Crippen LogP contribution in [0, 0.1) is 11.3 Å². The smallest absolute Gasteiger partial charge is 0.251 e. The maximum absolute atomic E-state index is 12.8. The Morgan fingerprint density at radius 2 is 1.63 bits per heavy atom. The molecule has 27 heavy (non-hydrogen) atoms. The Bertz CT molecular complexity index is 989. The van der Waals surface area contributed by atoms with Gasteiger partial charge in [0, 0.05) is 17.7 Å². The Labute approximate surface area is 159 Å². The number of nitriles is 1. The molecule has 134 valence electrons. The van der Waals surface area contributed by atoms with Crippen molar-refractivity contribution in [2.75, 3.05) is 13.7 Å². The van der Waals surface area contributed by atoms with E-state index in [1.165, 1.54) is 0 Å². The number of hydrogen-bond acceptors (Lipinski definition) is 3. The minimum absolute atomic E-state index is 0.159. The van der Waals surface area contributed by atoms with Gasteiger partial charge in [0.2, 0.25) is 0 Å². The minimum atomic E-state index is -0.159. The molecule has 0 spiro atoms. The summed E-state index contributed by atoms with van der Waals surface area (Å²) in [7, 11) is 1.64. The number of benzene rings is 3. The van der Waals surface area contributed by atoms with E-state index < -0.39 is 0 Å². The molecule has 0 fully saturated rings. The predicted molar refractivity (Wildman–Crippen MR) is 106 cm³/mol. The van der Waals surface area contributed by atoms with Crippen LogP contribution in [0.15, 0.2) is 72.8 Å². The van der Waals surface area contributed by atoms with Crippen molar-refractivity contribution in [1.29, 1.82) is 5.26 Å². The van der Waals surface area contributed by atoms with Crippen molar-refractivity contribution in [1.82, 2.24) is 5.32 Å². The summed E-state index contributed by atoms with van der Waals surface area (Å²) in [4.78, 5) is 12.8. The van der Waals surface area contributed by atoms with Gasteiger partial charge in [-0.15, -0.1) is 0 Å². The van der Waals surface area contributed by atoms with E-state index in [4.69, 9.17) is 4.74 Å². The quantitative estimate of drug-likeness (QED) is 0.720. The lowest BCUT2D eigenvalue weighted by Gasteiger charge is -2.12. The molecule has 4 heteroatoms. The van der Waals surface area contributed by atoms with E-state index in [0.29, 0.717) is 24.1 Å². The van der Waals surface area contributed by atoms with Crippen molar-refractivity contribution in [2.45, 2.75) is 6.42 Å². The van der Waals surface area contributed by atoms with Gasteiger partial charge in [-0.3, -0.25) is 4.79 Å². The number of rotatable bonds is 6. The molecule has 0 aromatic heterocycles. The zero-order valence-corrected chi connectivity index (χ0v) is 15.1. The third-order valence-electron chi connectivity index (χ3n) is 4.38. The molecule has 0 unspecified atom stereocenters. The monoisotopic (exact) mass is 356 g/mol. The number of ether oxygens (including phenoxy) is 1. The van der Waals surface area contributed by atoms with Gasteiger partial charge in [0.25, 0.3) is 5.91 Å². The molecule has 0 bridgehead atoms. The summed E-state index contributed by atoms with van der Waals surface area (Å²) < 4.78 is 5.35. The molecule has 0 aliphatic rings. The summed E-state index contributed by atoms with van der Waals surface area (Å²) in [5, 5.41) is 12.3. The molecule has 0 saturated heterocycles. The second kappa shape index (κ2) is 8.68. The number of methoxy groups -OCH3 is 1. The molecular formula is C23H20N2O2. The average Bonchev–Trinajstić information content (AvgIpc) is 2.74. The summed E-state index contributed by atoms with van der Waals surface area (Å²) in [6.45, 7) is 0.493. The van der Waals surface area contributed by atoms with Crippen molar-refractivity contribution in [2.24, 2.45) is 0 Å². The normalized spacial score (nSPS) is 10.1. The number of para-hydroxylation sites is 1. The van der Waals surface area contributed by atoms with Crippen LogP contribution in [0.5, 0.6) is 5.75 Å². The lowest BCUT2D eigenvalue weighted by atomic mass is 9.95. The predicted octanol–water partition coefficient (Wildman–Crippen LogP) is 4.21. The van der Waals surface area contributed by atoms with E-state index >= 15 is 0 Å². The van der Waals surface area contributed by atoms with Gasteiger partial charge in [-0.2, -0.15) is 5.26 Å². The average molecular weight is 356 g/mol. The summed E-state index contributed by atoms with van der Waals surface area (Å²) >= 11 is 0. The molecule has 0 atom stereocenters. The van der Waals surface area contributed by atoms with E-state index in [1.54, 1.807) is 19.2 Å². The largest absolute Gasteiger partial charge is 0.496 e. The third-order valence-corrected chi connectivity index (χ3v) is 4.38. The highest BCUT2D eigenvalue weighted by Crippen LogP contribution is 2.26. The van der Waals surface area contributed by atoms with Crippen LogP contribution in [0.4, 0.5) is 0 Å². The first-order valence-corrected chi connectivity index (χ1v) is 8.73. The topological polar surface area (TPSA) is 62.1 Å². The lowest BCUT2D eigenvalue weighted by molar-refractivity contribution is 0.0954. The SMILES string of the molecule is COc1ccccc1CCNC(=O)c1ccccc1-c1ccccc1C#N. The minimum Gasteiger partial charge on any atom is -0.496 e. The fourth-order valence-corrected chi connectivity index (χ4v) is 3.05. The molecule has 3 aromatic rings. The van der Waals surface area contributed by atoms with Crippen molar-refractivity contribution < 1.29 is 9.53 Å². The molecular weight excluding hydrogens is 336 g/mol. The molecule has 0 radical (unpaired) electrons. The third kappa shape index (κ3) is 4.16. The molecule has 1 N–H and O–H groups in total. The molecule has 0 heterocycles. The van der Waals surface area contributed by atoms with Crippen LogP contribution in [0.2, 0.25) is 0 Å². The van der Waals surface area contributed by atoms with Crippen LogP contribution >= 0.6 is 0 Å². The molecule has 0 aliphatic carbocycles. The van der Waals surface area contributed by atoms with Crippen LogP contribution in [-0.4, -0.2) is 19.6 Å². The van der Waals surface area contributed by atoms with Gasteiger partial charge in [-0.05, 0) is 35.7 Å². The van der Waals surface area contributed by atoms with E-state index in [2.05, 4.69) is 11.4 Å². The van der Waals surface area contributed by atoms with Crippen LogP contribution in [0.3, 0.4) is 0 Å². The molecule has 0 saturated carbocycles. The Kier molecular flexibility index (Phi) is 5.86. The first-order chi connectivity index (χ1) is 13.2. The molecule has 3 rings (SSSR count). The second-order valence-electron chi connectivity index (χ2n) is 6.02. The zero-order chi connectivity index (χ0) is 19.1. The Morgan fingerprint density at radius 1 is 0.963 bits per heavy atom. The fourth-order valence-electron chi connectivity index (χ4n) is 3.05. The highest BCUT2D eigenvalue weighted by molar-refractivity contribution is 6.01. The Hall–Kier alpha value is -3.58. The van der Waals surface area contributed by atoms with Gasteiger partial charge >= 0.3 is 0 Å². The van der Waals surface area contributed by atoms with E-state index in [0.717, 1.165) is 22.4 Å². The van der Waals surface area contributed by atoms with Gasteiger partial charge in [0.1, 0.15) is 5.75 Å². The van der Waals surface area contributed by atoms with E-state index in [1.807, 2.05) is 60.7 Å².